The molecule has 1 amide bonds. The maximum Gasteiger partial charge on any atom is 0.228 e. The van der Waals surface area contributed by atoms with Gasteiger partial charge in [0.25, 0.3) is 0 Å². The van der Waals surface area contributed by atoms with Crippen LogP contribution in [0.25, 0.3) is 0 Å². The fourth-order valence-electron chi connectivity index (χ4n) is 2.03. The molecule has 0 N–H and O–H groups in total. The summed E-state index contributed by atoms with van der Waals surface area (Å²) in [4.78, 5) is 13.8. The molecule has 0 saturated heterocycles. The topological polar surface area (TPSA) is 29.5 Å². The monoisotopic (exact) mass is 249 g/mol. The Hall–Kier alpha value is -1.35. The number of rotatable bonds is 6. The van der Waals surface area contributed by atoms with E-state index in [-0.39, 0.29) is 5.91 Å². The van der Waals surface area contributed by atoms with E-state index < -0.39 is 0 Å². The van der Waals surface area contributed by atoms with E-state index in [2.05, 4.69) is 13.0 Å². The molecule has 3 heteroatoms. The van der Waals surface area contributed by atoms with Crippen LogP contribution in [-0.2, 0) is 16.0 Å². The van der Waals surface area contributed by atoms with Gasteiger partial charge in [0.1, 0.15) is 6.73 Å². The van der Waals surface area contributed by atoms with Crippen LogP contribution >= 0.6 is 0 Å². The highest BCUT2D eigenvalue weighted by molar-refractivity contribution is 5.94. The summed E-state index contributed by atoms with van der Waals surface area (Å²) in [5.41, 5.74) is 3.33. The lowest BCUT2D eigenvalue weighted by Crippen LogP contribution is -2.34. The molecule has 0 fully saturated rings. The fourth-order valence-corrected chi connectivity index (χ4v) is 2.03. The van der Waals surface area contributed by atoms with Gasteiger partial charge in [-0.05, 0) is 31.4 Å². The minimum Gasteiger partial charge on any atom is -0.361 e. The lowest BCUT2D eigenvalue weighted by atomic mass is 10.0. The molecular weight excluding hydrogens is 226 g/mol. The molecule has 1 aromatic rings. The van der Waals surface area contributed by atoms with Gasteiger partial charge in [-0.25, -0.2) is 0 Å². The summed E-state index contributed by atoms with van der Waals surface area (Å²) in [6, 6.07) is 6.15. The van der Waals surface area contributed by atoms with Gasteiger partial charge < -0.3 is 4.74 Å². The number of hydrogen-bond acceptors (Lipinski definition) is 2. The minimum absolute atomic E-state index is 0.104. The molecule has 0 bridgehead atoms. The Kier molecular flexibility index (Phi) is 5.86. The van der Waals surface area contributed by atoms with Crippen molar-refractivity contribution in [1.29, 1.82) is 0 Å². The Morgan fingerprint density at radius 1 is 1.28 bits per heavy atom. The van der Waals surface area contributed by atoms with Gasteiger partial charge in [-0.3, -0.25) is 9.69 Å². The number of carbonyl (C=O) groups is 1. The van der Waals surface area contributed by atoms with Crippen LogP contribution < -0.4 is 4.90 Å². The molecule has 100 valence electrons. The molecule has 0 aromatic heterocycles. The fraction of sp³-hybridized carbons (Fsp3) is 0.533. The molecule has 0 heterocycles. The maximum atomic E-state index is 12.1. The Bertz CT molecular complexity index is 401. The van der Waals surface area contributed by atoms with Crippen molar-refractivity contribution in [2.75, 3.05) is 18.2 Å². The van der Waals surface area contributed by atoms with E-state index in [1.807, 2.05) is 32.9 Å². The van der Waals surface area contributed by atoms with Gasteiger partial charge in [0.15, 0.2) is 0 Å². The molecule has 18 heavy (non-hydrogen) atoms. The molecule has 0 unspecified atom stereocenters. The van der Waals surface area contributed by atoms with Gasteiger partial charge in [0.05, 0.1) is 5.69 Å². The van der Waals surface area contributed by atoms with Crippen LogP contribution in [0, 0.1) is 6.92 Å². The predicted octanol–water partition coefficient (Wildman–Crippen LogP) is 3.29. The quantitative estimate of drug-likeness (QED) is 0.724. The third kappa shape index (κ3) is 3.33. The summed E-state index contributed by atoms with van der Waals surface area (Å²) in [6.07, 6.45) is 1.40. The second-order valence-electron chi connectivity index (χ2n) is 4.23. The zero-order valence-corrected chi connectivity index (χ0v) is 11.8. The lowest BCUT2D eigenvalue weighted by molar-refractivity contribution is -0.119. The first-order chi connectivity index (χ1) is 8.65. The van der Waals surface area contributed by atoms with E-state index in [0.29, 0.717) is 19.8 Å². The van der Waals surface area contributed by atoms with Crippen molar-refractivity contribution in [2.24, 2.45) is 0 Å². The Morgan fingerprint density at radius 2 is 2.00 bits per heavy atom. The molecule has 0 atom stereocenters. The van der Waals surface area contributed by atoms with E-state index in [0.717, 1.165) is 17.7 Å². The summed E-state index contributed by atoms with van der Waals surface area (Å²) in [5.74, 6) is 0.104. The summed E-state index contributed by atoms with van der Waals surface area (Å²) < 4.78 is 5.43. The van der Waals surface area contributed by atoms with Gasteiger partial charge in [-0.15, -0.1) is 0 Å². The molecule has 3 nitrogen and oxygen atoms in total. The number of para-hydroxylation sites is 1. The highest BCUT2D eigenvalue weighted by Crippen LogP contribution is 2.26. The van der Waals surface area contributed by atoms with Crippen molar-refractivity contribution >= 4 is 11.6 Å². The van der Waals surface area contributed by atoms with Crippen LogP contribution in [0.2, 0.25) is 0 Å². The zero-order chi connectivity index (χ0) is 13.5. The van der Waals surface area contributed by atoms with Gasteiger partial charge in [-0.1, -0.05) is 32.0 Å². The van der Waals surface area contributed by atoms with Gasteiger partial charge in [-0.2, -0.15) is 0 Å². The van der Waals surface area contributed by atoms with Crippen LogP contribution in [0.15, 0.2) is 18.2 Å². The molecular formula is C15H23NO2. The van der Waals surface area contributed by atoms with Crippen LogP contribution in [0.3, 0.4) is 0 Å². The number of amides is 1. The largest absolute Gasteiger partial charge is 0.361 e. The standard InChI is InChI=1S/C15H23NO2/c1-5-13-10-8-9-12(4)15(13)16(11-18-7-3)14(17)6-2/h8-10H,5-7,11H2,1-4H3. The van der Waals surface area contributed by atoms with E-state index in [1.165, 1.54) is 5.56 Å². The molecule has 0 aliphatic carbocycles. The first kappa shape index (κ1) is 14.7. The van der Waals surface area contributed by atoms with Crippen molar-refractivity contribution in [3.8, 4) is 0 Å². The second kappa shape index (κ2) is 7.17. The van der Waals surface area contributed by atoms with Gasteiger partial charge in [0, 0.05) is 13.0 Å². The molecule has 0 aliphatic heterocycles. The SMILES string of the molecule is CCOCN(C(=O)CC)c1c(C)cccc1CC. The average molecular weight is 249 g/mol. The van der Waals surface area contributed by atoms with E-state index >= 15 is 0 Å². The van der Waals surface area contributed by atoms with Crippen LogP contribution in [-0.4, -0.2) is 19.2 Å². The molecule has 0 aliphatic rings. The van der Waals surface area contributed by atoms with Crippen molar-refractivity contribution in [3.05, 3.63) is 29.3 Å². The molecule has 0 saturated carbocycles. The van der Waals surface area contributed by atoms with E-state index in [9.17, 15) is 4.79 Å². The molecule has 1 aromatic carbocycles. The normalized spacial score (nSPS) is 10.4. The summed E-state index contributed by atoms with van der Waals surface area (Å²) in [7, 11) is 0. The van der Waals surface area contributed by atoms with Gasteiger partial charge in [0.2, 0.25) is 5.91 Å². The average Bonchev–Trinajstić information content (AvgIpc) is 2.39. The zero-order valence-electron chi connectivity index (χ0n) is 11.8. The first-order valence-corrected chi connectivity index (χ1v) is 6.62. The third-order valence-electron chi connectivity index (χ3n) is 3.00. The number of hydrogen-bond donors (Lipinski definition) is 0. The smallest absolute Gasteiger partial charge is 0.228 e. The summed E-state index contributed by atoms with van der Waals surface area (Å²) in [5, 5.41) is 0. The molecule has 0 spiro atoms. The van der Waals surface area contributed by atoms with Crippen LogP contribution in [0.1, 0.15) is 38.3 Å². The highest BCUT2D eigenvalue weighted by Gasteiger charge is 2.18. The van der Waals surface area contributed by atoms with Crippen molar-refractivity contribution in [2.45, 2.75) is 40.5 Å². The summed E-state index contributed by atoms with van der Waals surface area (Å²) in [6.45, 7) is 8.91. The number of benzene rings is 1. The summed E-state index contributed by atoms with van der Waals surface area (Å²) >= 11 is 0. The number of carbonyl (C=O) groups excluding carboxylic acids is 1. The highest BCUT2D eigenvalue weighted by atomic mass is 16.5. The Labute approximate surface area is 110 Å². The van der Waals surface area contributed by atoms with Crippen LogP contribution in [0.4, 0.5) is 5.69 Å². The number of nitrogens with zero attached hydrogens (tertiary/aromatic N) is 1. The molecule has 1 rings (SSSR count). The number of anilines is 1. The van der Waals surface area contributed by atoms with E-state index in [1.54, 1.807) is 4.90 Å². The minimum atomic E-state index is 0.104. The predicted molar refractivity (Wildman–Crippen MR) is 74.8 cm³/mol. The lowest BCUT2D eigenvalue weighted by Gasteiger charge is -2.26. The van der Waals surface area contributed by atoms with Crippen molar-refractivity contribution in [3.63, 3.8) is 0 Å². The molecule has 0 radical (unpaired) electrons. The third-order valence-corrected chi connectivity index (χ3v) is 3.00. The Balaban J connectivity index is 3.14. The number of ether oxygens (including phenoxy) is 1. The number of aryl methyl sites for hydroxylation is 2. The first-order valence-electron chi connectivity index (χ1n) is 6.62. The maximum absolute atomic E-state index is 12.1. The Morgan fingerprint density at radius 3 is 2.56 bits per heavy atom. The van der Waals surface area contributed by atoms with Gasteiger partial charge >= 0.3 is 0 Å². The van der Waals surface area contributed by atoms with Crippen molar-refractivity contribution < 1.29 is 9.53 Å². The van der Waals surface area contributed by atoms with E-state index in [4.69, 9.17) is 4.74 Å². The van der Waals surface area contributed by atoms with Crippen molar-refractivity contribution in [1.82, 2.24) is 0 Å². The second-order valence-corrected chi connectivity index (χ2v) is 4.23. The van der Waals surface area contributed by atoms with Crippen LogP contribution in [0.5, 0.6) is 0 Å².